The molecule has 3 N–H and O–H groups in total. The van der Waals surface area contributed by atoms with E-state index in [1.807, 2.05) is 13.8 Å². The van der Waals surface area contributed by atoms with Gasteiger partial charge in [0, 0.05) is 23.7 Å². The topological polar surface area (TPSA) is 81.4 Å². The van der Waals surface area contributed by atoms with E-state index in [9.17, 15) is 8.42 Å². The zero-order valence-corrected chi connectivity index (χ0v) is 13.5. The van der Waals surface area contributed by atoms with Crippen LogP contribution in [0.2, 0.25) is 5.02 Å². The van der Waals surface area contributed by atoms with E-state index in [-0.39, 0.29) is 17.2 Å². The Kier molecular flexibility index (Phi) is 6.26. The maximum Gasteiger partial charge on any atom is 0.244 e. The summed E-state index contributed by atoms with van der Waals surface area (Å²) in [5, 5.41) is 0.315. The largest absolute Gasteiger partial charge is 0.495 e. The molecule has 0 bridgehead atoms. The highest BCUT2D eigenvalue weighted by Gasteiger charge is 2.22. The van der Waals surface area contributed by atoms with Gasteiger partial charge in [-0.3, -0.25) is 0 Å². The minimum absolute atomic E-state index is 0.0247. The number of hydrogen-bond acceptors (Lipinski definition) is 4. The molecule has 0 aliphatic carbocycles. The number of nitrogens with one attached hydrogen (secondary N) is 1. The molecule has 0 atom stereocenters. The molecular formula is C13H21ClN2O3S. The molecule has 1 aromatic carbocycles. The lowest BCUT2D eigenvalue weighted by molar-refractivity contribution is 0.397. The predicted octanol–water partition coefficient (Wildman–Crippen LogP) is 2.13. The lowest BCUT2D eigenvalue weighted by Crippen LogP contribution is -2.26. The van der Waals surface area contributed by atoms with Crippen LogP contribution in [0.3, 0.4) is 0 Å². The monoisotopic (exact) mass is 320 g/mol. The number of benzene rings is 1. The van der Waals surface area contributed by atoms with Gasteiger partial charge in [-0.25, -0.2) is 13.1 Å². The fraction of sp³-hybridized carbons (Fsp3) is 0.538. The summed E-state index contributed by atoms with van der Waals surface area (Å²) in [6.45, 7) is 4.58. The Morgan fingerprint density at radius 1 is 1.40 bits per heavy atom. The lowest BCUT2D eigenvalue weighted by atomic mass is 10.1. The molecule has 114 valence electrons. The van der Waals surface area contributed by atoms with Crippen LogP contribution in [-0.4, -0.2) is 22.1 Å². The summed E-state index contributed by atoms with van der Waals surface area (Å²) in [7, 11) is -2.26. The Balaban J connectivity index is 3.13. The normalized spacial score (nSPS) is 11.9. The maximum absolute atomic E-state index is 12.3. The van der Waals surface area contributed by atoms with E-state index in [4.69, 9.17) is 22.1 Å². The Bertz CT molecular complexity index is 559. The van der Waals surface area contributed by atoms with Crippen LogP contribution in [0.15, 0.2) is 17.0 Å². The zero-order valence-electron chi connectivity index (χ0n) is 11.9. The molecule has 0 aromatic heterocycles. The van der Waals surface area contributed by atoms with Crippen LogP contribution in [0.4, 0.5) is 0 Å². The Morgan fingerprint density at radius 2 is 2.05 bits per heavy atom. The van der Waals surface area contributed by atoms with Crippen LogP contribution in [0.1, 0.15) is 25.8 Å². The molecule has 0 aliphatic rings. The van der Waals surface area contributed by atoms with Gasteiger partial charge in [0.1, 0.15) is 10.6 Å². The molecule has 20 heavy (non-hydrogen) atoms. The van der Waals surface area contributed by atoms with Crippen molar-refractivity contribution in [2.75, 3.05) is 13.7 Å². The smallest absolute Gasteiger partial charge is 0.244 e. The van der Waals surface area contributed by atoms with Crippen LogP contribution >= 0.6 is 11.6 Å². The van der Waals surface area contributed by atoms with Crippen LogP contribution in [0, 0.1) is 5.92 Å². The van der Waals surface area contributed by atoms with Gasteiger partial charge in [0.05, 0.1) is 7.11 Å². The molecule has 0 fully saturated rings. The Morgan fingerprint density at radius 3 is 2.55 bits per heavy atom. The second-order valence-corrected chi connectivity index (χ2v) is 7.05. The highest BCUT2D eigenvalue weighted by Crippen LogP contribution is 2.31. The number of rotatable bonds is 7. The fourth-order valence-corrected chi connectivity index (χ4v) is 3.35. The van der Waals surface area contributed by atoms with Crippen LogP contribution in [0.5, 0.6) is 5.75 Å². The average molecular weight is 321 g/mol. The summed E-state index contributed by atoms with van der Waals surface area (Å²) >= 11 is 5.94. The van der Waals surface area contributed by atoms with Crippen molar-refractivity contribution < 1.29 is 13.2 Å². The minimum Gasteiger partial charge on any atom is -0.495 e. The molecule has 0 amide bonds. The number of ether oxygens (including phenoxy) is 1. The minimum atomic E-state index is -3.67. The van der Waals surface area contributed by atoms with Crippen molar-refractivity contribution in [2.45, 2.75) is 31.7 Å². The molecule has 0 heterocycles. The van der Waals surface area contributed by atoms with E-state index in [1.54, 1.807) is 6.07 Å². The second-order valence-electron chi connectivity index (χ2n) is 4.88. The van der Waals surface area contributed by atoms with Crippen molar-refractivity contribution in [3.05, 3.63) is 22.7 Å². The summed E-state index contributed by atoms with van der Waals surface area (Å²) in [6.07, 6.45) is 0.756. The van der Waals surface area contributed by atoms with Crippen LogP contribution in [0.25, 0.3) is 0 Å². The van der Waals surface area contributed by atoms with E-state index in [1.165, 1.54) is 13.2 Å². The molecule has 0 spiro atoms. The lowest BCUT2D eigenvalue weighted by Gasteiger charge is -2.15. The fourth-order valence-electron chi connectivity index (χ4n) is 1.77. The highest BCUT2D eigenvalue weighted by molar-refractivity contribution is 7.89. The number of methoxy groups -OCH3 is 1. The third-order valence-corrected chi connectivity index (χ3v) is 4.51. The van der Waals surface area contributed by atoms with Gasteiger partial charge < -0.3 is 10.5 Å². The summed E-state index contributed by atoms with van der Waals surface area (Å²) in [6, 6.07) is 2.98. The van der Waals surface area contributed by atoms with Gasteiger partial charge in [-0.05, 0) is 24.5 Å². The molecule has 1 aromatic rings. The average Bonchev–Trinajstić information content (AvgIpc) is 2.36. The molecule has 1 rings (SSSR count). The first kappa shape index (κ1) is 17.2. The summed E-state index contributed by atoms with van der Waals surface area (Å²) in [4.78, 5) is 0.0247. The molecule has 0 aliphatic heterocycles. The van der Waals surface area contributed by atoms with Gasteiger partial charge in [0.2, 0.25) is 10.0 Å². The van der Waals surface area contributed by atoms with Gasteiger partial charge in [-0.2, -0.15) is 0 Å². The highest BCUT2D eigenvalue weighted by atomic mass is 35.5. The molecule has 0 saturated heterocycles. The standard InChI is InChI=1S/C13H21ClN2O3S/c1-9(2)4-5-16-20(17,18)12-7-11(14)6-10(8-15)13(12)19-3/h6-7,9,16H,4-5,8,15H2,1-3H3. The van der Waals surface area contributed by atoms with E-state index < -0.39 is 10.0 Å². The third kappa shape index (κ3) is 4.34. The van der Waals surface area contributed by atoms with E-state index >= 15 is 0 Å². The maximum atomic E-state index is 12.3. The molecular weight excluding hydrogens is 300 g/mol. The Hall–Kier alpha value is -0.820. The zero-order chi connectivity index (χ0) is 15.3. The van der Waals surface area contributed by atoms with E-state index in [0.717, 1.165) is 6.42 Å². The van der Waals surface area contributed by atoms with Crippen molar-refractivity contribution >= 4 is 21.6 Å². The van der Waals surface area contributed by atoms with Gasteiger partial charge in [0.15, 0.2) is 0 Å². The van der Waals surface area contributed by atoms with Crippen molar-refractivity contribution in [3.63, 3.8) is 0 Å². The van der Waals surface area contributed by atoms with Gasteiger partial charge in [-0.1, -0.05) is 25.4 Å². The van der Waals surface area contributed by atoms with Crippen molar-refractivity contribution in [2.24, 2.45) is 11.7 Å². The summed E-state index contributed by atoms with van der Waals surface area (Å²) in [5.41, 5.74) is 6.15. The van der Waals surface area contributed by atoms with Crippen LogP contribution < -0.4 is 15.2 Å². The first-order valence-corrected chi connectivity index (χ1v) is 8.24. The molecule has 7 heteroatoms. The van der Waals surface area contributed by atoms with Crippen molar-refractivity contribution in [1.82, 2.24) is 4.72 Å². The number of hydrogen-bond donors (Lipinski definition) is 2. The second kappa shape index (κ2) is 7.26. The third-order valence-electron chi connectivity index (χ3n) is 2.82. The molecule has 5 nitrogen and oxygen atoms in total. The quantitative estimate of drug-likeness (QED) is 0.806. The van der Waals surface area contributed by atoms with Gasteiger partial charge in [-0.15, -0.1) is 0 Å². The molecule has 0 unspecified atom stereocenters. The van der Waals surface area contributed by atoms with E-state index in [0.29, 0.717) is 23.0 Å². The SMILES string of the molecule is COc1c(CN)cc(Cl)cc1S(=O)(=O)NCCC(C)C. The Labute approximate surface area is 125 Å². The van der Waals surface area contributed by atoms with Crippen molar-refractivity contribution in [1.29, 1.82) is 0 Å². The summed E-state index contributed by atoms with van der Waals surface area (Å²) < 4.78 is 32.4. The van der Waals surface area contributed by atoms with Crippen LogP contribution in [-0.2, 0) is 16.6 Å². The van der Waals surface area contributed by atoms with Crippen molar-refractivity contribution in [3.8, 4) is 5.75 Å². The number of sulfonamides is 1. The number of nitrogens with two attached hydrogens (primary N) is 1. The molecule has 0 saturated carbocycles. The van der Waals surface area contributed by atoms with Gasteiger partial charge >= 0.3 is 0 Å². The predicted molar refractivity (Wildman–Crippen MR) is 80.5 cm³/mol. The number of halogens is 1. The summed E-state index contributed by atoms with van der Waals surface area (Å²) in [5.74, 6) is 0.660. The first-order valence-electron chi connectivity index (χ1n) is 6.38. The van der Waals surface area contributed by atoms with E-state index in [2.05, 4.69) is 4.72 Å². The van der Waals surface area contributed by atoms with Gasteiger partial charge in [0.25, 0.3) is 0 Å². The molecule has 0 radical (unpaired) electrons. The first-order chi connectivity index (χ1) is 9.31.